The van der Waals surface area contributed by atoms with Crippen LogP contribution in [0.15, 0.2) is 11.2 Å². The van der Waals surface area contributed by atoms with Gasteiger partial charge in [0.2, 0.25) is 0 Å². The number of aromatic nitrogens is 3. The average molecular weight is 476 g/mol. The van der Waals surface area contributed by atoms with Gasteiger partial charge in [-0.1, -0.05) is 6.92 Å². The van der Waals surface area contributed by atoms with Crippen molar-refractivity contribution in [2.75, 3.05) is 13.1 Å². The molecule has 140 valence electrons. The molecule has 0 aromatic carbocycles. The van der Waals surface area contributed by atoms with Gasteiger partial charge in [0.05, 0.1) is 12.2 Å². The van der Waals surface area contributed by atoms with Gasteiger partial charge in [-0.05, 0) is 39.2 Å². The monoisotopic (exact) mass is 476 g/mol. The van der Waals surface area contributed by atoms with E-state index in [0.29, 0.717) is 6.54 Å². The lowest BCUT2D eigenvalue weighted by Crippen LogP contribution is -2.38. The van der Waals surface area contributed by atoms with E-state index in [1.165, 1.54) is 16.1 Å². The summed E-state index contributed by atoms with van der Waals surface area (Å²) in [7, 11) is 1.99. The molecule has 0 aliphatic rings. The van der Waals surface area contributed by atoms with Crippen LogP contribution < -0.4 is 10.6 Å². The molecule has 6 nitrogen and oxygen atoms in total. The zero-order valence-corrected chi connectivity index (χ0v) is 18.9. The first-order chi connectivity index (χ1) is 11.5. The highest BCUT2D eigenvalue weighted by Gasteiger charge is 2.09. The molecule has 0 saturated carbocycles. The van der Waals surface area contributed by atoms with Crippen molar-refractivity contribution in [1.29, 1.82) is 0 Å². The third kappa shape index (κ3) is 6.25. The van der Waals surface area contributed by atoms with Crippen molar-refractivity contribution in [3.8, 4) is 0 Å². The van der Waals surface area contributed by atoms with Gasteiger partial charge in [0.25, 0.3) is 0 Å². The van der Waals surface area contributed by atoms with Gasteiger partial charge in [-0.15, -0.1) is 35.3 Å². The molecule has 0 aliphatic heterocycles. The maximum Gasteiger partial charge on any atom is 0.191 e. The number of guanidine groups is 1. The summed E-state index contributed by atoms with van der Waals surface area (Å²) >= 11 is 1.74. The van der Waals surface area contributed by atoms with E-state index in [4.69, 9.17) is 0 Å². The summed E-state index contributed by atoms with van der Waals surface area (Å²) in [5.41, 5.74) is 3.65. The smallest absolute Gasteiger partial charge is 0.191 e. The van der Waals surface area contributed by atoms with Crippen molar-refractivity contribution in [1.82, 2.24) is 25.4 Å². The fourth-order valence-corrected chi connectivity index (χ4v) is 3.35. The van der Waals surface area contributed by atoms with Gasteiger partial charge >= 0.3 is 0 Å². The summed E-state index contributed by atoms with van der Waals surface area (Å²) in [6, 6.07) is 0. The first-order valence-corrected chi connectivity index (χ1v) is 9.31. The Kier molecular flexibility index (Phi) is 9.41. The summed E-state index contributed by atoms with van der Waals surface area (Å²) in [6.45, 7) is 10.7. The minimum atomic E-state index is 0. The molecular weight excluding hydrogens is 447 g/mol. The largest absolute Gasteiger partial charge is 0.357 e. The number of nitrogens with one attached hydrogen (secondary N) is 2. The second-order valence-corrected chi connectivity index (χ2v) is 6.92. The van der Waals surface area contributed by atoms with Crippen LogP contribution in [0.4, 0.5) is 0 Å². The van der Waals surface area contributed by atoms with Crippen molar-refractivity contribution in [3.05, 3.63) is 33.0 Å². The fourth-order valence-electron chi connectivity index (χ4n) is 2.56. The van der Waals surface area contributed by atoms with Crippen LogP contribution in [0.5, 0.6) is 0 Å². The zero-order chi connectivity index (χ0) is 17.5. The van der Waals surface area contributed by atoms with Crippen molar-refractivity contribution in [2.24, 2.45) is 12.0 Å². The molecule has 2 rings (SSSR count). The fraction of sp³-hybridized carbons (Fsp3) is 0.588. The summed E-state index contributed by atoms with van der Waals surface area (Å²) in [4.78, 5) is 10.4. The maximum atomic E-state index is 4.63. The van der Waals surface area contributed by atoms with Crippen LogP contribution in [0, 0.1) is 13.8 Å². The lowest BCUT2D eigenvalue weighted by Gasteiger charge is -2.11. The normalized spacial score (nSPS) is 11.3. The summed E-state index contributed by atoms with van der Waals surface area (Å²) in [6.07, 6.45) is 3.92. The second kappa shape index (κ2) is 10.7. The Morgan fingerprint density at radius 1 is 1.28 bits per heavy atom. The summed E-state index contributed by atoms with van der Waals surface area (Å²) < 4.78 is 1.94. The van der Waals surface area contributed by atoms with Crippen LogP contribution in [0.1, 0.15) is 40.7 Å². The van der Waals surface area contributed by atoms with Gasteiger partial charge in [0.1, 0.15) is 5.01 Å². The molecule has 0 amide bonds. The molecular formula is C17H29IN6S. The Hall–Kier alpha value is -1.16. The lowest BCUT2D eigenvalue weighted by atomic mass is 10.1. The van der Waals surface area contributed by atoms with Crippen LogP contribution in [-0.4, -0.2) is 33.8 Å². The van der Waals surface area contributed by atoms with Crippen LogP contribution in [-0.2, 0) is 26.4 Å². The molecule has 0 saturated heterocycles. The molecule has 0 atom stereocenters. The highest BCUT2D eigenvalue weighted by atomic mass is 127. The van der Waals surface area contributed by atoms with E-state index in [1.54, 1.807) is 11.3 Å². The van der Waals surface area contributed by atoms with E-state index < -0.39 is 0 Å². The van der Waals surface area contributed by atoms with Gasteiger partial charge in [-0.25, -0.2) is 9.98 Å². The Morgan fingerprint density at radius 2 is 2.04 bits per heavy atom. The van der Waals surface area contributed by atoms with E-state index in [0.717, 1.165) is 42.6 Å². The van der Waals surface area contributed by atoms with E-state index in [9.17, 15) is 0 Å². The predicted molar refractivity (Wildman–Crippen MR) is 116 cm³/mol. The Balaban J connectivity index is 0.00000312. The molecule has 2 aromatic heterocycles. The van der Waals surface area contributed by atoms with Crippen LogP contribution in [0.25, 0.3) is 0 Å². The molecule has 0 unspecified atom stereocenters. The molecule has 2 N–H and O–H groups in total. The maximum absolute atomic E-state index is 4.63. The topological polar surface area (TPSA) is 67.1 Å². The first kappa shape index (κ1) is 21.9. The Labute approximate surface area is 171 Å². The molecule has 0 aliphatic carbocycles. The van der Waals surface area contributed by atoms with Gasteiger partial charge in [-0.2, -0.15) is 5.10 Å². The summed E-state index contributed by atoms with van der Waals surface area (Å²) in [5, 5.41) is 12.2. The number of hydrogen-bond donors (Lipinski definition) is 2. The van der Waals surface area contributed by atoms with Crippen LogP contribution in [0.3, 0.4) is 0 Å². The molecule has 2 aromatic rings. The van der Waals surface area contributed by atoms with E-state index in [2.05, 4.69) is 53.4 Å². The molecule has 25 heavy (non-hydrogen) atoms. The number of nitrogens with zero attached hydrogens (tertiary/aromatic N) is 4. The minimum absolute atomic E-state index is 0. The van der Waals surface area contributed by atoms with Gasteiger partial charge in [-0.3, -0.25) is 4.68 Å². The van der Waals surface area contributed by atoms with Crippen LogP contribution >= 0.6 is 35.3 Å². The number of aliphatic imine (C=N–C) groups is 1. The van der Waals surface area contributed by atoms with Crippen LogP contribution in [0.2, 0.25) is 0 Å². The predicted octanol–water partition coefficient (Wildman–Crippen LogP) is 2.97. The van der Waals surface area contributed by atoms with Gasteiger partial charge in [0.15, 0.2) is 5.96 Å². The van der Waals surface area contributed by atoms with Gasteiger partial charge < -0.3 is 10.6 Å². The molecule has 8 heteroatoms. The minimum Gasteiger partial charge on any atom is -0.357 e. The van der Waals surface area contributed by atoms with Crippen molar-refractivity contribution in [2.45, 2.75) is 47.1 Å². The first-order valence-electron chi connectivity index (χ1n) is 8.49. The Morgan fingerprint density at radius 3 is 2.60 bits per heavy atom. The van der Waals surface area contributed by atoms with Crippen molar-refractivity contribution >= 4 is 41.3 Å². The van der Waals surface area contributed by atoms with Gasteiger partial charge in [0, 0.05) is 36.9 Å². The molecule has 0 radical (unpaired) electrons. The number of aryl methyl sites for hydroxylation is 3. The average Bonchev–Trinajstić information content (AvgIpc) is 3.12. The standard InChI is InChI=1S/C17H28N6S.HI/c1-6-14-10-20-16(24-14)11-21-17(18-7-2)19-9-8-15-12(3)22-23(5)13(15)4;/h10H,6-9,11H2,1-5H3,(H2,18,19,21);1H. The highest BCUT2D eigenvalue weighted by molar-refractivity contribution is 14.0. The highest BCUT2D eigenvalue weighted by Crippen LogP contribution is 2.14. The lowest BCUT2D eigenvalue weighted by molar-refractivity contribution is 0.729. The molecule has 0 fully saturated rings. The Bertz CT molecular complexity index is 691. The van der Waals surface area contributed by atoms with E-state index >= 15 is 0 Å². The van der Waals surface area contributed by atoms with E-state index in [1.807, 2.05) is 17.9 Å². The summed E-state index contributed by atoms with van der Waals surface area (Å²) in [5.74, 6) is 0.838. The number of halogens is 1. The SMILES string of the molecule is CCNC(=NCc1ncc(CC)s1)NCCc1c(C)nn(C)c1C.I. The van der Waals surface area contributed by atoms with Crippen molar-refractivity contribution < 1.29 is 0 Å². The quantitative estimate of drug-likeness (QED) is 0.367. The number of thiazole rings is 1. The molecule has 0 spiro atoms. The number of hydrogen-bond acceptors (Lipinski definition) is 4. The third-order valence-electron chi connectivity index (χ3n) is 3.99. The molecule has 2 heterocycles. The molecule has 0 bridgehead atoms. The van der Waals surface area contributed by atoms with Crippen molar-refractivity contribution in [3.63, 3.8) is 0 Å². The number of rotatable bonds is 7. The third-order valence-corrected chi connectivity index (χ3v) is 5.12. The second-order valence-electron chi connectivity index (χ2n) is 5.72. The van der Waals surface area contributed by atoms with E-state index in [-0.39, 0.29) is 24.0 Å². The zero-order valence-electron chi connectivity index (χ0n) is 15.7.